The SMILES string of the molecule is COc1cc([N+](=O)[O-])c(N2N=C(C(=O)Nc3ccccc3)NN2c2sc(OC)cc2[N+](=O)[O-])s1. The van der Waals surface area contributed by atoms with Crippen LogP contribution < -0.4 is 30.5 Å². The quantitative estimate of drug-likeness (QED) is 0.342. The third-order valence-corrected chi connectivity index (χ3v) is 6.47. The number of anilines is 3. The molecule has 1 aliphatic heterocycles. The summed E-state index contributed by atoms with van der Waals surface area (Å²) in [5.41, 5.74) is 2.45. The van der Waals surface area contributed by atoms with E-state index in [9.17, 15) is 25.0 Å². The van der Waals surface area contributed by atoms with Gasteiger partial charge in [0, 0.05) is 5.69 Å². The van der Waals surface area contributed by atoms with E-state index in [1.165, 1.54) is 26.4 Å². The fourth-order valence-electron chi connectivity index (χ4n) is 2.85. The number of hydrogen-bond acceptors (Lipinski definition) is 13. The highest BCUT2D eigenvalue weighted by Gasteiger charge is 2.39. The Balaban J connectivity index is 1.79. The number of ether oxygens (including phenoxy) is 2. The molecule has 34 heavy (non-hydrogen) atoms. The van der Waals surface area contributed by atoms with Crippen LogP contribution >= 0.6 is 22.7 Å². The second kappa shape index (κ2) is 9.20. The second-order valence-corrected chi connectivity index (χ2v) is 8.40. The van der Waals surface area contributed by atoms with Crippen molar-refractivity contribution in [1.82, 2.24) is 5.43 Å². The third kappa shape index (κ3) is 4.26. The molecule has 0 aliphatic carbocycles. The first-order chi connectivity index (χ1) is 16.3. The summed E-state index contributed by atoms with van der Waals surface area (Å²) < 4.78 is 10.2. The van der Waals surface area contributed by atoms with Gasteiger partial charge in [-0.25, -0.2) is 0 Å². The Kier molecular flexibility index (Phi) is 6.15. The molecule has 0 bridgehead atoms. The van der Waals surface area contributed by atoms with E-state index in [0.717, 1.165) is 32.9 Å². The minimum absolute atomic E-state index is 0.0187. The van der Waals surface area contributed by atoms with Crippen molar-refractivity contribution in [3.05, 3.63) is 62.7 Å². The van der Waals surface area contributed by atoms with Gasteiger partial charge in [0.15, 0.2) is 10.1 Å². The number of nitrogens with one attached hydrogen (secondary N) is 2. The molecular formula is C18H15N7O7S2. The van der Waals surface area contributed by atoms with Crippen molar-refractivity contribution >= 4 is 61.5 Å². The predicted molar refractivity (Wildman–Crippen MR) is 126 cm³/mol. The molecule has 0 atom stereocenters. The number of amides is 1. The summed E-state index contributed by atoms with van der Waals surface area (Å²) in [5, 5.41) is 32.6. The Morgan fingerprint density at radius 2 is 1.56 bits per heavy atom. The smallest absolute Gasteiger partial charge is 0.311 e. The first-order valence-corrected chi connectivity index (χ1v) is 10.9. The molecule has 176 valence electrons. The van der Waals surface area contributed by atoms with Gasteiger partial charge in [0.1, 0.15) is 0 Å². The molecule has 0 saturated carbocycles. The zero-order valence-corrected chi connectivity index (χ0v) is 19.1. The van der Waals surface area contributed by atoms with Crippen LogP contribution in [0.1, 0.15) is 0 Å². The summed E-state index contributed by atoms with van der Waals surface area (Å²) in [7, 11) is 2.69. The first kappa shape index (κ1) is 22.7. The number of nitrogens with zero attached hydrogens (tertiary/aromatic N) is 5. The van der Waals surface area contributed by atoms with Gasteiger partial charge in [-0.15, -0.1) is 10.2 Å². The maximum absolute atomic E-state index is 12.9. The van der Waals surface area contributed by atoms with Gasteiger partial charge in [-0.05, 0) is 12.1 Å². The van der Waals surface area contributed by atoms with E-state index in [1.54, 1.807) is 30.3 Å². The topological polar surface area (TPSA) is 165 Å². The maximum atomic E-state index is 12.9. The number of rotatable bonds is 8. The van der Waals surface area contributed by atoms with Crippen molar-refractivity contribution < 1.29 is 24.1 Å². The number of amidine groups is 1. The Labute approximate surface area is 198 Å². The van der Waals surface area contributed by atoms with Crippen LogP contribution in [0.25, 0.3) is 0 Å². The molecule has 1 aromatic carbocycles. The number of para-hydroxylation sites is 1. The molecule has 16 heteroatoms. The van der Waals surface area contributed by atoms with Crippen LogP contribution in [-0.2, 0) is 4.79 Å². The molecule has 14 nitrogen and oxygen atoms in total. The Morgan fingerprint density at radius 3 is 2.12 bits per heavy atom. The van der Waals surface area contributed by atoms with Crippen molar-refractivity contribution in [3.63, 3.8) is 0 Å². The third-order valence-electron chi connectivity index (χ3n) is 4.35. The fourth-order valence-corrected chi connectivity index (χ4v) is 4.63. The molecule has 3 aromatic rings. The molecule has 4 rings (SSSR count). The summed E-state index contributed by atoms with van der Waals surface area (Å²) in [6.45, 7) is 0. The number of hydrazone groups is 1. The minimum atomic E-state index is -0.670. The van der Waals surface area contributed by atoms with Crippen molar-refractivity contribution in [2.45, 2.75) is 0 Å². The molecule has 0 unspecified atom stereocenters. The normalized spacial score (nSPS) is 12.7. The number of nitro groups is 2. The van der Waals surface area contributed by atoms with Crippen LogP contribution in [-0.4, -0.2) is 35.8 Å². The maximum Gasteiger partial charge on any atom is 0.311 e. The number of hydrogen-bond donors (Lipinski definition) is 2. The minimum Gasteiger partial charge on any atom is -0.487 e. The zero-order chi connectivity index (χ0) is 24.4. The summed E-state index contributed by atoms with van der Waals surface area (Å²) in [6.07, 6.45) is 0. The predicted octanol–water partition coefficient (Wildman–Crippen LogP) is 3.34. The highest BCUT2D eigenvalue weighted by molar-refractivity contribution is 7.19. The van der Waals surface area contributed by atoms with Crippen LogP contribution in [0, 0.1) is 20.2 Å². The largest absolute Gasteiger partial charge is 0.487 e. The molecule has 2 aromatic heterocycles. The molecule has 0 radical (unpaired) electrons. The van der Waals surface area contributed by atoms with Crippen LogP contribution in [0.2, 0.25) is 0 Å². The summed E-state index contributed by atoms with van der Waals surface area (Å²) in [4.78, 5) is 34.9. The highest BCUT2D eigenvalue weighted by Crippen LogP contribution is 2.47. The van der Waals surface area contributed by atoms with Crippen molar-refractivity contribution in [2.75, 3.05) is 29.8 Å². The zero-order valence-electron chi connectivity index (χ0n) is 17.5. The van der Waals surface area contributed by atoms with Crippen LogP contribution in [0.15, 0.2) is 47.6 Å². The fraction of sp³-hybridized carbons (Fsp3) is 0.111. The molecular weight excluding hydrogens is 490 g/mol. The van der Waals surface area contributed by atoms with Gasteiger partial charge in [-0.3, -0.25) is 30.4 Å². The lowest BCUT2D eigenvalue weighted by Gasteiger charge is -2.24. The summed E-state index contributed by atoms with van der Waals surface area (Å²) in [6, 6.07) is 10.9. The molecule has 0 spiro atoms. The van der Waals surface area contributed by atoms with E-state index in [2.05, 4.69) is 15.8 Å². The van der Waals surface area contributed by atoms with Gasteiger partial charge >= 0.3 is 11.4 Å². The average Bonchev–Trinajstić information content (AvgIpc) is 3.55. The van der Waals surface area contributed by atoms with Gasteiger partial charge < -0.3 is 14.8 Å². The number of thiophene rings is 2. The lowest BCUT2D eigenvalue weighted by Crippen LogP contribution is -2.46. The molecule has 3 heterocycles. The Morgan fingerprint density at radius 1 is 1.00 bits per heavy atom. The number of hydrazine groups is 2. The standard InChI is InChI=1S/C18H15N7O7S2/c1-31-13-8-11(24(27)28)17(33-13)22-20-15(16(26)19-10-6-4-3-5-7-10)21-23(22)18-12(25(29)30)9-14(32-2)34-18/h3-9H,1-2H3,(H,19,26)(H,20,21). The van der Waals surface area contributed by atoms with E-state index in [-0.39, 0.29) is 37.3 Å². The molecule has 1 amide bonds. The monoisotopic (exact) mass is 505 g/mol. The van der Waals surface area contributed by atoms with E-state index in [0.29, 0.717) is 5.69 Å². The van der Waals surface area contributed by atoms with Crippen molar-refractivity contribution in [3.8, 4) is 10.1 Å². The molecule has 0 fully saturated rings. The Bertz CT molecular complexity index is 1290. The van der Waals surface area contributed by atoms with Crippen molar-refractivity contribution in [1.29, 1.82) is 0 Å². The van der Waals surface area contributed by atoms with Gasteiger partial charge in [0.2, 0.25) is 15.8 Å². The van der Waals surface area contributed by atoms with Crippen LogP contribution in [0.4, 0.5) is 27.1 Å². The van der Waals surface area contributed by atoms with E-state index in [4.69, 9.17) is 9.47 Å². The van der Waals surface area contributed by atoms with Crippen molar-refractivity contribution in [2.24, 2.45) is 5.10 Å². The number of methoxy groups -OCH3 is 2. The average molecular weight is 505 g/mol. The van der Waals surface area contributed by atoms with E-state index >= 15 is 0 Å². The van der Waals surface area contributed by atoms with Gasteiger partial charge in [-0.1, -0.05) is 40.9 Å². The van der Waals surface area contributed by atoms with Gasteiger partial charge in [0.05, 0.1) is 36.2 Å². The summed E-state index contributed by atoms with van der Waals surface area (Å²) >= 11 is 1.76. The Hall–Kier alpha value is -4.44. The first-order valence-electron chi connectivity index (χ1n) is 9.28. The summed E-state index contributed by atoms with van der Waals surface area (Å²) in [5.74, 6) is -0.928. The van der Waals surface area contributed by atoms with Gasteiger partial charge in [-0.2, -0.15) is 5.12 Å². The number of carbonyl (C=O) groups is 1. The number of benzene rings is 1. The molecule has 0 saturated heterocycles. The second-order valence-electron chi connectivity index (χ2n) is 6.42. The molecule has 1 aliphatic rings. The number of carbonyl (C=O) groups excluding carboxylic acids is 1. The highest BCUT2D eigenvalue weighted by atomic mass is 32.1. The van der Waals surface area contributed by atoms with Crippen LogP contribution in [0.5, 0.6) is 10.1 Å². The van der Waals surface area contributed by atoms with E-state index in [1.807, 2.05) is 0 Å². The lowest BCUT2D eigenvalue weighted by molar-refractivity contribution is -0.384. The molecule has 2 N–H and O–H groups in total. The lowest BCUT2D eigenvalue weighted by atomic mass is 10.3. The van der Waals surface area contributed by atoms with Crippen LogP contribution in [0.3, 0.4) is 0 Å². The van der Waals surface area contributed by atoms with E-state index < -0.39 is 15.8 Å². The van der Waals surface area contributed by atoms with Gasteiger partial charge in [0.25, 0.3) is 5.91 Å².